The number of alkyl halides is 3. The fraction of sp³-hybridized carbons (Fsp3) is 0.500. The Morgan fingerprint density at radius 3 is 2.42 bits per heavy atom. The molecule has 106 valence electrons. The molecule has 3 nitrogen and oxygen atoms in total. The first-order valence-corrected chi connectivity index (χ1v) is 7.64. The van der Waals surface area contributed by atoms with Gasteiger partial charge in [0, 0.05) is 12.0 Å². The third-order valence-corrected chi connectivity index (χ3v) is 4.83. The molecule has 1 unspecified atom stereocenters. The second-order valence-electron chi connectivity index (χ2n) is 4.71. The summed E-state index contributed by atoms with van der Waals surface area (Å²) in [7, 11) is -5.00. The third-order valence-electron chi connectivity index (χ3n) is 3.38. The lowest BCUT2D eigenvalue weighted by atomic mass is 10.0. The van der Waals surface area contributed by atoms with Gasteiger partial charge in [0.05, 0.1) is 13.1 Å². The number of benzene rings is 1. The average molecular weight is 294 g/mol. The predicted molar refractivity (Wildman–Crippen MR) is 64.4 cm³/mol. The van der Waals surface area contributed by atoms with Crippen LogP contribution in [0, 0.1) is 0 Å². The highest BCUT2D eigenvalue weighted by atomic mass is 32.2. The largest absolute Gasteiger partial charge is 0.497 e. The number of quaternary nitrogens is 1. The molecule has 0 saturated heterocycles. The molecule has 7 heteroatoms. The van der Waals surface area contributed by atoms with Crippen LogP contribution in [0.4, 0.5) is 13.2 Å². The van der Waals surface area contributed by atoms with Gasteiger partial charge in [0.15, 0.2) is 0 Å². The standard InChI is InChI=1S/C12H14F3NO2S/c13-12(14,15)19(17,18)8-7-16-6-5-10-3-1-2-4-11(10)9-16/h1-4H,5-9H2/p+1. The van der Waals surface area contributed by atoms with E-state index in [0.29, 0.717) is 13.1 Å². The minimum absolute atomic E-state index is 0.00379. The van der Waals surface area contributed by atoms with E-state index in [-0.39, 0.29) is 6.54 Å². The normalized spacial score (nSPS) is 20.1. The smallest absolute Gasteiger partial charge is 0.330 e. The zero-order valence-corrected chi connectivity index (χ0v) is 11.0. The molecule has 0 aromatic heterocycles. The summed E-state index contributed by atoms with van der Waals surface area (Å²) in [4.78, 5) is 0.881. The van der Waals surface area contributed by atoms with Gasteiger partial charge in [0.2, 0.25) is 0 Å². The Labute approximate surface area is 109 Å². The van der Waals surface area contributed by atoms with E-state index < -0.39 is 21.1 Å². The molecule has 1 aromatic carbocycles. The quantitative estimate of drug-likeness (QED) is 0.885. The molecule has 1 N–H and O–H groups in total. The van der Waals surface area contributed by atoms with E-state index in [9.17, 15) is 21.6 Å². The molecule has 0 aliphatic carbocycles. The lowest BCUT2D eigenvalue weighted by molar-refractivity contribution is -0.913. The molecular weight excluding hydrogens is 279 g/mol. The molecule has 0 spiro atoms. The van der Waals surface area contributed by atoms with Crippen LogP contribution in [0.25, 0.3) is 0 Å². The Hall–Kier alpha value is -1.08. The molecule has 2 rings (SSSR count). The molecule has 1 aliphatic rings. The van der Waals surface area contributed by atoms with Crippen LogP contribution in [0.5, 0.6) is 0 Å². The summed E-state index contributed by atoms with van der Waals surface area (Å²) in [6.07, 6.45) is 0.775. The summed E-state index contributed by atoms with van der Waals surface area (Å²) >= 11 is 0. The van der Waals surface area contributed by atoms with Crippen molar-refractivity contribution in [1.29, 1.82) is 0 Å². The number of hydrogen-bond donors (Lipinski definition) is 1. The summed E-state index contributed by atoms with van der Waals surface area (Å²) in [5.74, 6) is -0.839. The summed E-state index contributed by atoms with van der Waals surface area (Å²) < 4.78 is 58.7. The van der Waals surface area contributed by atoms with Crippen LogP contribution >= 0.6 is 0 Å². The van der Waals surface area contributed by atoms with Gasteiger partial charge in [-0.1, -0.05) is 24.3 Å². The van der Waals surface area contributed by atoms with Gasteiger partial charge < -0.3 is 4.90 Å². The molecular formula is C12H15F3NO2S+. The molecule has 19 heavy (non-hydrogen) atoms. The monoisotopic (exact) mass is 294 g/mol. The van der Waals surface area contributed by atoms with E-state index in [1.165, 1.54) is 5.56 Å². The summed E-state index contributed by atoms with van der Waals surface area (Å²) in [6.45, 7) is 1.25. The van der Waals surface area contributed by atoms with Crippen LogP contribution in [-0.4, -0.2) is 32.8 Å². The van der Waals surface area contributed by atoms with Crippen molar-refractivity contribution in [1.82, 2.24) is 0 Å². The molecule has 0 bridgehead atoms. The van der Waals surface area contributed by atoms with Crippen LogP contribution in [0.1, 0.15) is 11.1 Å². The second-order valence-corrected chi connectivity index (χ2v) is 6.81. The third kappa shape index (κ3) is 3.27. The zero-order chi connectivity index (χ0) is 14.1. The van der Waals surface area contributed by atoms with E-state index in [1.807, 2.05) is 24.3 Å². The molecule has 0 fully saturated rings. The molecule has 1 aliphatic heterocycles. The first-order chi connectivity index (χ1) is 8.79. The van der Waals surface area contributed by atoms with Crippen molar-refractivity contribution in [3.05, 3.63) is 35.4 Å². The molecule has 0 saturated carbocycles. The molecule has 1 aromatic rings. The van der Waals surface area contributed by atoms with Gasteiger partial charge in [-0.2, -0.15) is 13.2 Å². The van der Waals surface area contributed by atoms with Gasteiger partial charge in [0.25, 0.3) is 9.84 Å². The first-order valence-electron chi connectivity index (χ1n) is 5.99. The maximum absolute atomic E-state index is 12.2. The maximum atomic E-state index is 12.2. The number of fused-ring (bicyclic) bond motifs is 1. The predicted octanol–water partition coefficient (Wildman–Crippen LogP) is 0.562. The highest BCUT2D eigenvalue weighted by Gasteiger charge is 2.45. The number of sulfone groups is 1. The SMILES string of the molecule is O=S(=O)(CC[NH+]1CCc2ccccc2C1)C(F)(F)F. The van der Waals surface area contributed by atoms with Gasteiger partial charge in [-0.25, -0.2) is 8.42 Å². The van der Waals surface area contributed by atoms with Gasteiger partial charge >= 0.3 is 5.51 Å². The zero-order valence-electron chi connectivity index (χ0n) is 10.2. The Balaban J connectivity index is 1.97. The number of hydrogen-bond acceptors (Lipinski definition) is 2. The Bertz CT molecular complexity index is 554. The highest BCUT2D eigenvalue weighted by molar-refractivity contribution is 7.92. The summed E-state index contributed by atoms with van der Waals surface area (Å²) in [6, 6.07) is 7.75. The fourth-order valence-corrected chi connectivity index (χ4v) is 3.04. The summed E-state index contributed by atoms with van der Waals surface area (Å²) in [5.41, 5.74) is -2.85. The van der Waals surface area contributed by atoms with E-state index in [4.69, 9.17) is 0 Å². The van der Waals surface area contributed by atoms with Crippen LogP contribution in [0.2, 0.25) is 0 Å². The van der Waals surface area contributed by atoms with Gasteiger partial charge in [-0.15, -0.1) is 0 Å². The van der Waals surface area contributed by atoms with Crippen LogP contribution < -0.4 is 4.90 Å². The van der Waals surface area contributed by atoms with Crippen molar-refractivity contribution in [2.24, 2.45) is 0 Å². The summed E-state index contributed by atoms with van der Waals surface area (Å²) in [5, 5.41) is 0. The van der Waals surface area contributed by atoms with E-state index in [0.717, 1.165) is 16.9 Å². The van der Waals surface area contributed by atoms with E-state index in [1.54, 1.807) is 0 Å². The molecule has 1 heterocycles. The molecule has 1 atom stereocenters. The van der Waals surface area contributed by atoms with Crippen molar-refractivity contribution < 1.29 is 26.5 Å². The first kappa shape index (κ1) is 14.3. The lowest BCUT2D eigenvalue weighted by Crippen LogP contribution is -3.12. The number of halogens is 3. The van der Waals surface area contributed by atoms with Crippen molar-refractivity contribution in [3.8, 4) is 0 Å². The van der Waals surface area contributed by atoms with E-state index in [2.05, 4.69) is 0 Å². The van der Waals surface area contributed by atoms with Gasteiger partial charge in [0.1, 0.15) is 12.3 Å². The van der Waals surface area contributed by atoms with Crippen molar-refractivity contribution in [3.63, 3.8) is 0 Å². The molecule has 0 radical (unpaired) electrons. The van der Waals surface area contributed by atoms with Crippen molar-refractivity contribution in [2.75, 3.05) is 18.8 Å². The van der Waals surface area contributed by atoms with Crippen LogP contribution in [0.3, 0.4) is 0 Å². The topological polar surface area (TPSA) is 38.6 Å². The maximum Gasteiger partial charge on any atom is 0.497 e. The lowest BCUT2D eigenvalue weighted by Gasteiger charge is -2.25. The molecule has 0 amide bonds. The average Bonchev–Trinajstić information content (AvgIpc) is 2.35. The minimum Gasteiger partial charge on any atom is -0.330 e. The van der Waals surface area contributed by atoms with Crippen LogP contribution in [0.15, 0.2) is 24.3 Å². The van der Waals surface area contributed by atoms with Gasteiger partial charge in [-0.3, -0.25) is 0 Å². The van der Waals surface area contributed by atoms with E-state index >= 15 is 0 Å². The Morgan fingerprint density at radius 2 is 1.79 bits per heavy atom. The van der Waals surface area contributed by atoms with Crippen molar-refractivity contribution >= 4 is 9.84 Å². The second kappa shape index (κ2) is 5.13. The highest BCUT2D eigenvalue weighted by Crippen LogP contribution is 2.23. The number of rotatable bonds is 3. The van der Waals surface area contributed by atoms with Crippen molar-refractivity contribution in [2.45, 2.75) is 18.5 Å². The number of nitrogens with one attached hydrogen (secondary N) is 1. The fourth-order valence-electron chi connectivity index (χ4n) is 2.25. The van der Waals surface area contributed by atoms with Gasteiger partial charge in [-0.05, 0) is 5.56 Å². The van der Waals surface area contributed by atoms with Crippen LogP contribution in [-0.2, 0) is 22.8 Å². The minimum atomic E-state index is -5.14. The Morgan fingerprint density at radius 1 is 1.16 bits per heavy atom. The Kier molecular flexibility index (Phi) is 3.87.